The summed E-state index contributed by atoms with van der Waals surface area (Å²) in [6.45, 7) is 13.1. The van der Waals surface area contributed by atoms with Crippen LogP contribution in [0.15, 0.2) is 41.5 Å². The van der Waals surface area contributed by atoms with E-state index in [4.69, 9.17) is 14.2 Å². The highest BCUT2D eigenvalue weighted by molar-refractivity contribution is 5.99. The van der Waals surface area contributed by atoms with Crippen LogP contribution in [-0.4, -0.2) is 112 Å². The van der Waals surface area contributed by atoms with Crippen molar-refractivity contribution in [2.75, 3.05) is 51.3 Å². The summed E-state index contributed by atoms with van der Waals surface area (Å²) in [5, 5.41) is 10.9. The molecule has 0 spiro atoms. The van der Waals surface area contributed by atoms with E-state index < -0.39 is 29.4 Å². The number of piperazine rings is 1. The van der Waals surface area contributed by atoms with Gasteiger partial charge in [-0.1, -0.05) is 23.4 Å². The number of amides is 3. The summed E-state index contributed by atoms with van der Waals surface area (Å²) in [5.41, 5.74) is -0.175. The Morgan fingerprint density at radius 2 is 1.60 bits per heavy atom. The van der Waals surface area contributed by atoms with Gasteiger partial charge in [0.15, 0.2) is 0 Å². The van der Waals surface area contributed by atoms with Crippen LogP contribution in [0.4, 0.5) is 15.3 Å². The predicted molar refractivity (Wildman–Crippen MR) is 166 cm³/mol. The first-order valence-electron chi connectivity index (χ1n) is 14.7. The maximum atomic E-state index is 13.1. The minimum Gasteiger partial charge on any atom is -0.468 e. The largest absolute Gasteiger partial charge is 0.468 e. The number of carbonyl (C=O) groups excluding carboxylic acids is 4. The number of methoxy groups -OCH3 is 1. The highest BCUT2D eigenvalue weighted by atomic mass is 16.6. The molecule has 15 nitrogen and oxygen atoms in total. The second-order valence-corrected chi connectivity index (χ2v) is 12.4. The topological polar surface area (TPSA) is 161 Å². The fourth-order valence-corrected chi connectivity index (χ4v) is 4.28. The number of aliphatic imine (C=N–C) groups is 1. The third-order valence-electron chi connectivity index (χ3n) is 6.33. The quantitative estimate of drug-likeness (QED) is 0.198. The molecule has 246 valence electrons. The number of rotatable bonds is 8. The van der Waals surface area contributed by atoms with Crippen molar-refractivity contribution in [3.63, 3.8) is 0 Å². The van der Waals surface area contributed by atoms with Crippen LogP contribution < -0.4 is 10.2 Å². The van der Waals surface area contributed by atoms with E-state index in [-0.39, 0.29) is 25.0 Å². The number of alkyl carbamates (subject to hydrolysis) is 1. The molecular weight excluding hydrogens is 584 g/mol. The van der Waals surface area contributed by atoms with E-state index in [9.17, 15) is 19.2 Å². The highest BCUT2D eigenvalue weighted by Crippen LogP contribution is 2.15. The number of benzene rings is 1. The summed E-state index contributed by atoms with van der Waals surface area (Å²) in [6.07, 6.45) is 0.778. The molecule has 0 radical (unpaired) electrons. The van der Waals surface area contributed by atoms with Crippen LogP contribution in [0.1, 0.15) is 47.2 Å². The first-order chi connectivity index (χ1) is 21.1. The van der Waals surface area contributed by atoms with Gasteiger partial charge in [0.1, 0.15) is 24.3 Å². The van der Waals surface area contributed by atoms with E-state index in [1.165, 1.54) is 16.7 Å². The molecule has 3 rings (SSSR count). The molecule has 1 aliphatic rings. The zero-order chi connectivity index (χ0) is 33.2. The van der Waals surface area contributed by atoms with Gasteiger partial charge in [0.05, 0.1) is 12.8 Å². The third-order valence-corrected chi connectivity index (χ3v) is 6.33. The van der Waals surface area contributed by atoms with Gasteiger partial charge in [-0.3, -0.25) is 24.7 Å². The maximum Gasteiger partial charge on any atom is 0.437 e. The number of nitrogens with one attached hydrogen (secondary N) is 1. The molecule has 0 atom stereocenters. The molecule has 1 fully saturated rings. The molecule has 1 aliphatic heterocycles. The van der Waals surface area contributed by atoms with Crippen molar-refractivity contribution in [1.29, 1.82) is 0 Å². The number of nitrogens with zero attached hydrogens (tertiary/aromatic N) is 7. The molecule has 2 aromatic rings. The van der Waals surface area contributed by atoms with Crippen molar-refractivity contribution >= 4 is 35.7 Å². The summed E-state index contributed by atoms with van der Waals surface area (Å²) in [5.74, 6) is -0.791. The fourth-order valence-electron chi connectivity index (χ4n) is 4.28. The van der Waals surface area contributed by atoms with Gasteiger partial charge in [0.2, 0.25) is 11.9 Å². The lowest BCUT2D eigenvalue weighted by Crippen LogP contribution is -2.54. The Kier molecular flexibility index (Phi) is 12.0. The molecule has 0 bridgehead atoms. The second kappa shape index (κ2) is 15.5. The molecule has 1 aromatic heterocycles. The molecule has 45 heavy (non-hydrogen) atoms. The number of hydrogen-bond acceptors (Lipinski definition) is 10. The van der Waals surface area contributed by atoms with Crippen LogP contribution in [0.5, 0.6) is 0 Å². The monoisotopic (exact) mass is 628 g/mol. The molecule has 3 amide bonds. The minimum absolute atomic E-state index is 0.0718. The zero-order valence-corrected chi connectivity index (χ0v) is 27.1. The van der Waals surface area contributed by atoms with Gasteiger partial charge in [-0.25, -0.2) is 14.3 Å². The highest BCUT2D eigenvalue weighted by Gasteiger charge is 2.26. The first kappa shape index (κ1) is 35.0. The molecule has 15 heteroatoms. The molecule has 0 aliphatic carbocycles. The normalized spacial score (nSPS) is 14.5. The van der Waals surface area contributed by atoms with Gasteiger partial charge < -0.3 is 19.1 Å². The Balaban J connectivity index is 1.56. The summed E-state index contributed by atoms with van der Waals surface area (Å²) in [7, 11) is 1.27. The van der Waals surface area contributed by atoms with Gasteiger partial charge in [-0.05, 0) is 53.7 Å². The molecular formula is C30H44N8O7. The van der Waals surface area contributed by atoms with Crippen molar-refractivity contribution in [3.8, 4) is 0 Å². The van der Waals surface area contributed by atoms with Crippen molar-refractivity contribution in [3.05, 3.63) is 42.2 Å². The molecule has 1 saturated heterocycles. The van der Waals surface area contributed by atoms with Gasteiger partial charge in [-0.15, -0.1) is 10.1 Å². The van der Waals surface area contributed by atoms with Crippen LogP contribution in [0.25, 0.3) is 0 Å². The van der Waals surface area contributed by atoms with E-state index in [1.54, 1.807) is 76.9 Å². The standard InChI is InChI=1S/C30H44N8O7/c1-29(2,3)44-27(41)31-26(32-28(42)45-30(4,5)6)36-17-15-35(16-18-36)14-13-22-19-37(34-33-22)20-24(39)38(21-25(40)43-7)23-11-9-8-10-12-23/h8-12,19H,13-18,20-21H2,1-7H3,(H,31,32,41,42). The Morgan fingerprint density at radius 1 is 0.956 bits per heavy atom. The Hall–Kier alpha value is -4.53. The number of anilines is 1. The Labute approximate surface area is 263 Å². The molecule has 1 aromatic carbocycles. The predicted octanol–water partition coefficient (Wildman–Crippen LogP) is 2.46. The average Bonchev–Trinajstić information content (AvgIpc) is 3.40. The van der Waals surface area contributed by atoms with E-state index >= 15 is 0 Å². The van der Waals surface area contributed by atoms with Crippen molar-refractivity contribution < 1.29 is 33.4 Å². The number of carbonyl (C=O) groups is 4. The van der Waals surface area contributed by atoms with Crippen LogP contribution in [-0.2, 0) is 36.8 Å². The molecule has 2 heterocycles. The van der Waals surface area contributed by atoms with Crippen LogP contribution in [0.2, 0.25) is 0 Å². The first-order valence-corrected chi connectivity index (χ1v) is 14.7. The van der Waals surface area contributed by atoms with Crippen molar-refractivity contribution in [2.45, 2.75) is 65.7 Å². The molecule has 0 unspecified atom stereocenters. The van der Waals surface area contributed by atoms with E-state index in [0.29, 0.717) is 50.5 Å². The van der Waals surface area contributed by atoms with Crippen molar-refractivity contribution in [1.82, 2.24) is 30.1 Å². The number of esters is 1. The van der Waals surface area contributed by atoms with Gasteiger partial charge in [0, 0.05) is 51.0 Å². The van der Waals surface area contributed by atoms with E-state index in [0.717, 1.165) is 0 Å². The summed E-state index contributed by atoms with van der Waals surface area (Å²) in [6, 6.07) is 8.88. The van der Waals surface area contributed by atoms with E-state index in [2.05, 4.69) is 25.5 Å². The number of para-hydroxylation sites is 1. The van der Waals surface area contributed by atoms with Crippen LogP contribution >= 0.6 is 0 Å². The fraction of sp³-hybridized carbons (Fsp3) is 0.567. The minimum atomic E-state index is -0.810. The third kappa shape index (κ3) is 12.2. The number of ether oxygens (including phenoxy) is 3. The van der Waals surface area contributed by atoms with Crippen LogP contribution in [0.3, 0.4) is 0 Å². The lowest BCUT2D eigenvalue weighted by Gasteiger charge is -2.36. The lowest BCUT2D eigenvalue weighted by atomic mass is 10.2. The van der Waals surface area contributed by atoms with E-state index in [1.807, 2.05) is 6.07 Å². The van der Waals surface area contributed by atoms with Gasteiger partial charge >= 0.3 is 18.2 Å². The smallest absolute Gasteiger partial charge is 0.437 e. The Bertz CT molecular complexity index is 1340. The maximum absolute atomic E-state index is 13.1. The van der Waals surface area contributed by atoms with Gasteiger partial charge in [-0.2, -0.15) is 0 Å². The summed E-state index contributed by atoms with van der Waals surface area (Å²) >= 11 is 0. The summed E-state index contributed by atoms with van der Waals surface area (Å²) in [4.78, 5) is 59.3. The van der Waals surface area contributed by atoms with Crippen molar-refractivity contribution in [2.24, 2.45) is 4.99 Å². The number of guanidine groups is 1. The second-order valence-electron chi connectivity index (χ2n) is 12.4. The SMILES string of the molecule is COC(=O)CN(C(=O)Cn1cc(CCN2CCN(/C(=N/C(=O)OC(C)(C)C)NC(=O)OC(C)(C)C)CC2)nn1)c1ccccc1. The van der Waals surface area contributed by atoms with Crippen LogP contribution in [0, 0.1) is 0 Å². The summed E-state index contributed by atoms with van der Waals surface area (Å²) < 4.78 is 16.9. The molecule has 0 saturated carbocycles. The van der Waals surface area contributed by atoms with Gasteiger partial charge in [0.25, 0.3) is 0 Å². The number of aromatic nitrogens is 3. The molecule has 1 N–H and O–H groups in total. The average molecular weight is 629 g/mol. The lowest BCUT2D eigenvalue weighted by molar-refractivity contribution is -0.140. The zero-order valence-electron chi connectivity index (χ0n) is 27.1. The Morgan fingerprint density at radius 3 is 2.20 bits per heavy atom. The number of hydrogen-bond donors (Lipinski definition) is 1.